The molecule has 0 aromatic heterocycles. The van der Waals surface area contributed by atoms with E-state index in [-0.39, 0.29) is 6.42 Å². The van der Waals surface area contributed by atoms with Crippen molar-refractivity contribution >= 4 is 21.9 Å². The monoisotopic (exact) mass is 348 g/mol. The number of rotatable bonds is 8. The van der Waals surface area contributed by atoms with Gasteiger partial charge in [-0.3, -0.25) is 4.79 Å². The third kappa shape index (κ3) is 18.4. The molecule has 0 fully saturated rings. The first-order valence-electron chi connectivity index (χ1n) is 7.18. The maximum atomic E-state index is 10.3. The summed E-state index contributed by atoms with van der Waals surface area (Å²) in [6.07, 6.45) is 9.60. The molecular formula is C18H21BrO2. The van der Waals surface area contributed by atoms with Crippen LogP contribution in [0.5, 0.6) is 0 Å². The molecule has 0 saturated carbocycles. The highest BCUT2D eigenvalue weighted by atomic mass is 79.9. The minimum absolute atomic E-state index is 0.179. The van der Waals surface area contributed by atoms with Gasteiger partial charge >= 0.3 is 5.97 Å². The van der Waals surface area contributed by atoms with Crippen molar-refractivity contribution in [1.29, 1.82) is 0 Å². The molecule has 0 radical (unpaired) electrons. The second kappa shape index (κ2) is 16.4. The fourth-order valence-electron chi connectivity index (χ4n) is 1.48. The molecule has 0 atom stereocenters. The van der Waals surface area contributed by atoms with E-state index in [1.807, 2.05) is 0 Å². The SMILES string of the molecule is O=C(O)CCCC#CC#CCCCCCCC#CC=CBr. The Morgan fingerprint density at radius 2 is 1.48 bits per heavy atom. The molecule has 0 spiro atoms. The Morgan fingerprint density at radius 3 is 2.05 bits per heavy atom. The molecule has 0 bridgehead atoms. The molecule has 112 valence electrons. The van der Waals surface area contributed by atoms with Crippen LogP contribution >= 0.6 is 15.9 Å². The normalized spacial score (nSPS) is 9.00. The summed E-state index contributed by atoms with van der Waals surface area (Å²) in [5.41, 5.74) is 0. The minimum Gasteiger partial charge on any atom is -0.481 e. The molecule has 0 aromatic carbocycles. The van der Waals surface area contributed by atoms with E-state index >= 15 is 0 Å². The van der Waals surface area contributed by atoms with Gasteiger partial charge in [-0.2, -0.15) is 0 Å². The van der Waals surface area contributed by atoms with Crippen LogP contribution in [0.15, 0.2) is 11.1 Å². The van der Waals surface area contributed by atoms with E-state index in [4.69, 9.17) is 5.11 Å². The fraction of sp³-hybridized carbons (Fsp3) is 0.500. The topological polar surface area (TPSA) is 37.3 Å². The van der Waals surface area contributed by atoms with Gasteiger partial charge in [0, 0.05) is 25.7 Å². The summed E-state index contributed by atoms with van der Waals surface area (Å²) in [6, 6.07) is 0. The highest BCUT2D eigenvalue weighted by molar-refractivity contribution is 9.11. The number of carbonyl (C=O) groups is 1. The Labute approximate surface area is 136 Å². The van der Waals surface area contributed by atoms with Crippen molar-refractivity contribution in [3.05, 3.63) is 11.1 Å². The van der Waals surface area contributed by atoms with Crippen LogP contribution in [0.4, 0.5) is 0 Å². The first-order chi connectivity index (χ1) is 10.3. The molecule has 0 heterocycles. The lowest BCUT2D eigenvalue weighted by Gasteiger charge is -1.94. The highest BCUT2D eigenvalue weighted by Crippen LogP contribution is 2.04. The van der Waals surface area contributed by atoms with Crippen molar-refractivity contribution in [3.63, 3.8) is 0 Å². The van der Waals surface area contributed by atoms with Gasteiger partial charge in [0.2, 0.25) is 0 Å². The summed E-state index contributed by atoms with van der Waals surface area (Å²) in [7, 11) is 0. The molecule has 3 heteroatoms. The highest BCUT2D eigenvalue weighted by Gasteiger charge is 1.92. The summed E-state index contributed by atoms with van der Waals surface area (Å²) in [5, 5.41) is 8.44. The van der Waals surface area contributed by atoms with Crippen LogP contribution in [0, 0.1) is 35.5 Å². The number of hydrogen-bond acceptors (Lipinski definition) is 1. The summed E-state index contributed by atoms with van der Waals surface area (Å²) in [4.78, 5) is 12.0. The zero-order valence-electron chi connectivity index (χ0n) is 12.3. The van der Waals surface area contributed by atoms with Gasteiger partial charge in [-0.05, 0) is 42.2 Å². The number of allylic oxidation sites excluding steroid dienone is 1. The second-order valence-corrected chi connectivity index (χ2v) is 4.91. The van der Waals surface area contributed by atoms with Crippen LogP contribution in [0.2, 0.25) is 0 Å². The Kier molecular flexibility index (Phi) is 15.1. The van der Waals surface area contributed by atoms with Crippen molar-refractivity contribution < 1.29 is 9.90 Å². The van der Waals surface area contributed by atoms with Gasteiger partial charge in [0.1, 0.15) is 0 Å². The third-order valence-electron chi connectivity index (χ3n) is 2.53. The number of aliphatic carboxylic acids is 1. The molecule has 0 amide bonds. The average Bonchev–Trinajstić information content (AvgIpc) is 2.46. The fourth-order valence-corrected chi connectivity index (χ4v) is 1.62. The van der Waals surface area contributed by atoms with Crippen molar-refractivity contribution in [2.75, 3.05) is 0 Å². The van der Waals surface area contributed by atoms with Crippen LogP contribution in [0.3, 0.4) is 0 Å². The molecule has 1 N–H and O–H groups in total. The first kappa shape index (κ1) is 19.4. The lowest BCUT2D eigenvalue weighted by Crippen LogP contribution is -1.92. The Hall–Kier alpha value is -1.63. The number of halogens is 1. The maximum Gasteiger partial charge on any atom is 0.303 e. The molecule has 0 aliphatic carbocycles. The van der Waals surface area contributed by atoms with Crippen LogP contribution < -0.4 is 0 Å². The van der Waals surface area contributed by atoms with Gasteiger partial charge in [0.25, 0.3) is 0 Å². The predicted octanol–water partition coefficient (Wildman–Crippen LogP) is 4.50. The van der Waals surface area contributed by atoms with Gasteiger partial charge in [-0.1, -0.05) is 52.5 Å². The lowest BCUT2D eigenvalue weighted by atomic mass is 10.1. The van der Waals surface area contributed by atoms with Crippen LogP contribution in [0.1, 0.15) is 57.8 Å². The van der Waals surface area contributed by atoms with E-state index in [0.29, 0.717) is 12.8 Å². The maximum absolute atomic E-state index is 10.3. The minimum atomic E-state index is -0.770. The molecule has 0 aliphatic rings. The number of carboxylic acid groups (broad SMARTS) is 1. The van der Waals surface area contributed by atoms with E-state index < -0.39 is 5.97 Å². The molecule has 0 aromatic rings. The zero-order valence-corrected chi connectivity index (χ0v) is 13.8. The van der Waals surface area contributed by atoms with Gasteiger partial charge in [0.15, 0.2) is 0 Å². The van der Waals surface area contributed by atoms with E-state index in [0.717, 1.165) is 25.7 Å². The van der Waals surface area contributed by atoms with Crippen LogP contribution in [0.25, 0.3) is 0 Å². The number of carboxylic acids is 1. The molecule has 0 rings (SSSR count). The standard InChI is InChI=1S/C18H21BrO2/c19-17-15-13-11-9-7-5-3-1-2-4-6-8-10-12-14-16-18(20)21/h15,17H,1-3,5,7,9,12,14,16H2,(H,20,21). The smallest absolute Gasteiger partial charge is 0.303 e. The van der Waals surface area contributed by atoms with Crippen molar-refractivity contribution in [1.82, 2.24) is 0 Å². The molecule has 2 nitrogen and oxygen atoms in total. The Balaban J connectivity index is 3.40. The number of unbranched alkanes of at least 4 members (excludes halogenated alkanes) is 6. The van der Waals surface area contributed by atoms with Crippen molar-refractivity contribution in [2.24, 2.45) is 0 Å². The van der Waals surface area contributed by atoms with E-state index in [1.54, 1.807) is 11.1 Å². The van der Waals surface area contributed by atoms with E-state index in [2.05, 4.69) is 51.5 Å². The quantitative estimate of drug-likeness (QED) is 0.517. The predicted molar refractivity (Wildman–Crippen MR) is 90.6 cm³/mol. The summed E-state index contributed by atoms with van der Waals surface area (Å²) in [5.74, 6) is 16.7. The Morgan fingerprint density at radius 1 is 0.905 bits per heavy atom. The van der Waals surface area contributed by atoms with Crippen molar-refractivity contribution in [2.45, 2.75) is 57.8 Å². The summed E-state index contributed by atoms with van der Waals surface area (Å²) < 4.78 is 0. The van der Waals surface area contributed by atoms with Gasteiger partial charge < -0.3 is 5.11 Å². The van der Waals surface area contributed by atoms with Crippen LogP contribution in [-0.2, 0) is 4.79 Å². The number of hydrogen-bond donors (Lipinski definition) is 1. The van der Waals surface area contributed by atoms with Crippen molar-refractivity contribution in [3.8, 4) is 35.5 Å². The van der Waals surface area contributed by atoms with E-state index in [1.165, 1.54) is 12.8 Å². The lowest BCUT2D eigenvalue weighted by molar-refractivity contribution is -0.137. The van der Waals surface area contributed by atoms with Crippen LogP contribution in [-0.4, -0.2) is 11.1 Å². The average molecular weight is 349 g/mol. The molecule has 0 unspecified atom stereocenters. The van der Waals surface area contributed by atoms with Gasteiger partial charge in [0.05, 0.1) is 0 Å². The first-order valence-corrected chi connectivity index (χ1v) is 8.10. The van der Waals surface area contributed by atoms with Gasteiger partial charge in [-0.15, -0.1) is 0 Å². The zero-order chi connectivity index (χ0) is 15.6. The van der Waals surface area contributed by atoms with Gasteiger partial charge in [-0.25, -0.2) is 0 Å². The molecule has 0 aliphatic heterocycles. The summed E-state index contributed by atoms with van der Waals surface area (Å²) >= 11 is 3.17. The summed E-state index contributed by atoms with van der Waals surface area (Å²) in [6.45, 7) is 0. The van der Waals surface area contributed by atoms with E-state index in [9.17, 15) is 4.79 Å². The second-order valence-electron chi connectivity index (χ2n) is 4.38. The molecule has 21 heavy (non-hydrogen) atoms. The third-order valence-corrected chi connectivity index (χ3v) is 2.80. The largest absolute Gasteiger partial charge is 0.481 e. The Bertz CT molecular complexity index is 487. The molecular weight excluding hydrogens is 328 g/mol. The molecule has 0 saturated heterocycles.